The average molecular weight is 646 g/mol. The van der Waals surface area contributed by atoms with Crippen LogP contribution in [0.5, 0.6) is 0 Å². The van der Waals surface area contributed by atoms with Gasteiger partial charge >= 0.3 is 36.2 Å². The fourth-order valence-electron chi connectivity index (χ4n) is 3.47. The molecule has 0 aromatic heterocycles. The number of alkyl carbamates (subject to hydrolysis) is 1. The number of nitrogens with one attached hydrogen (secondary N) is 5. The predicted molar refractivity (Wildman–Crippen MR) is 165 cm³/mol. The van der Waals surface area contributed by atoms with Crippen molar-refractivity contribution in [3.63, 3.8) is 0 Å². The summed E-state index contributed by atoms with van der Waals surface area (Å²) in [6.45, 7) is 11.9. The summed E-state index contributed by atoms with van der Waals surface area (Å²) in [4.78, 5) is 75.5. The first-order valence-electron chi connectivity index (χ1n) is 14.9. The second-order valence-electron chi connectivity index (χ2n) is 12.0. The molecule has 0 bridgehead atoms. The van der Waals surface area contributed by atoms with Gasteiger partial charge in [0.2, 0.25) is 5.96 Å². The number of hydrogen-bond donors (Lipinski definition) is 7. The van der Waals surface area contributed by atoms with Gasteiger partial charge in [0.25, 0.3) is 0 Å². The Morgan fingerprint density at radius 3 is 1.67 bits per heavy atom. The molecule has 0 rings (SSSR count). The molecule has 0 aromatic rings. The number of amides is 6. The highest BCUT2D eigenvalue weighted by molar-refractivity contribution is 6.35. The van der Waals surface area contributed by atoms with Crippen molar-refractivity contribution in [3.8, 4) is 0 Å². The molecule has 7 N–H and O–H groups in total. The van der Waals surface area contributed by atoms with Crippen LogP contribution in [0.2, 0.25) is 0 Å². The lowest BCUT2D eigenvalue weighted by atomic mass is 10.2. The minimum atomic E-state index is -1.38. The van der Waals surface area contributed by atoms with E-state index in [-0.39, 0.29) is 25.6 Å². The zero-order valence-electron chi connectivity index (χ0n) is 27.2. The largest absolute Gasteiger partial charge is 0.465 e. The Morgan fingerprint density at radius 2 is 1.13 bits per heavy atom. The summed E-state index contributed by atoms with van der Waals surface area (Å²) < 4.78 is 10.5. The molecule has 0 aliphatic heterocycles. The Kier molecular flexibility index (Phi) is 19.4. The maximum Gasteiger partial charge on any atom is 0.414 e. The number of guanidine groups is 1. The van der Waals surface area contributed by atoms with E-state index in [0.717, 1.165) is 12.8 Å². The first kappa shape index (κ1) is 40.7. The number of carbonyl (C=O) groups excluding carboxylic acids is 4. The Bertz CT molecular complexity index is 1010. The Morgan fingerprint density at radius 1 is 0.622 bits per heavy atom. The zero-order valence-corrected chi connectivity index (χ0v) is 27.2. The van der Waals surface area contributed by atoms with E-state index in [1.165, 1.54) is 4.90 Å². The molecule has 0 atom stereocenters. The highest BCUT2D eigenvalue weighted by Gasteiger charge is 2.22. The Labute approximate surface area is 264 Å². The average Bonchev–Trinajstić information content (AvgIpc) is 2.88. The molecule has 0 unspecified atom stereocenters. The minimum Gasteiger partial charge on any atom is -0.465 e. The van der Waals surface area contributed by atoms with Crippen molar-refractivity contribution in [2.24, 2.45) is 4.99 Å². The molecule has 0 saturated carbocycles. The first-order chi connectivity index (χ1) is 20.9. The van der Waals surface area contributed by atoms with Crippen molar-refractivity contribution in [3.05, 3.63) is 0 Å². The molecule has 0 heterocycles. The van der Waals surface area contributed by atoms with Crippen LogP contribution in [0.3, 0.4) is 0 Å². The van der Waals surface area contributed by atoms with Gasteiger partial charge in [0, 0.05) is 39.3 Å². The second-order valence-corrected chi connectivity index (χ2v) is 12.0. The molecular formula is C28H51N7O10. The van der Waals surface area contributed by atoms with Crippen molar-refractivity contribution in [2.45, 2.75) is 97.7 Å². The van der Waals surface area contributed by atoms with Crippen LogP contribution in [0, 0.1) is 0 Å². The van der Waals surface area contributed by atoms with Gasteiger partial charge in [-0.05, 0) is 73.6 Å². The molecule has 17 heteroatoms. The third kappa shape index (κ3) is 24.8. The fourth-order valence-corrected chi connectivity index (χ4v) is 3.47. The maximum atomic E-state index is 12.5. The summed E-state index contributed by atoms with van der Waals surface area (Å²) >= 11 is 0. The zero-order chi connectivity index (χ0) is 34.5. The van der Waals surface area contributed by atoms with Crippen LogP contribution in [-0.2, 0) is 19.1 Å². The topological polar surface area (TPSA) is 237 Å². The van der Waals surface area contributed by atoms with E-state index in [9.17, 15) is 28.8 Å². The molecule has 258 valence electrons. The van der Waals surface area contributed by atoms with E-state index in [1.807, 2.05) is 5.32 Å². The van der Waals surface area contributed by atoms with Gasteiger partial charge in [0.1, 0.15) is 11.2 Å². The molecule has 0 aromatic carbocycles. The van der Waals surface area contributed by atoms with Gasteiger partial charge in [-0.3, -0.25) is 25.2 Å². The van der Waals surface area contributed by atoms with E-state index >= 15 is 0 Å². The summed E-state index contributed by atoms with van der Waals surface area (Å²) in [6, 6.07) is 0. The van der Waals surface area contributed by atoms with Crippen molar-refractivity contribution < 1.29 is 48.5 Å². The van der Waals surface area contributed by atoms with Gasteiger partial charge in [-0.25, -0.2) is 19.2 Å². The normalized spacial score (nSPS) is 11.6. The molecule has 0 fully saturated rings. The van der Waals surface area contributed by atoms with Crippen LogP contribution in [0.25, 0.3) is 0 Å². The molecule has 0 aliphatic carbocycles. The number of unbranched alkanes of at least 4 members (excludes halogenated alkanes) is 4. The van der Waals surface area contributed by atoms with Crippen molar-refractivity contribution >= 4 is 42.1 Å². The Balaban J connectivity index is 4.28. The molecule has 17 nitrogen and oxygen atoms in total. The van der Waals surface area contributed by atoms with Crippen molar-refractivity contribution in [1.29, 1.82) is 0 Å². The first-order valence-corrected chi connectivity index (χ1v) is 14.9. The number of hydrogen-bond acceptors (Lipinski definition) is 9. The van der Waals surface area contributed by atoms with Crippen LogP contribution in [0.15, 0.2) is 4.99 Å². The van der Waals surface area contributed by atoms with E-state index in [2.05, 4.69) is 26.3 Å². The SMILES string of the molecule is CC(C)(C)OC(=O)NC(=NCCCCCCNC(=O)C(=O)NCCCCN(CCCNC(=O)O)C(=O)OC(C)(C)C)NC(=O)O. The number of rotatable bonds is 16. The second kappa shape index (κ2) is 21.4. The summed E-state index contributed by atoms with van der Waals surface area (Å²) in [5, 5.41) is 29.2. The van der Waals surface area contributed by atoms with Crippen LogP contribution in [0.1, 0.15) is 86.5 Å². The lowest BCUT2D eigenvalue weighted by Gasteiger charge is -2.27. The van der Waals surface area contributed by atoms with E-state index in [0.29, 0.717) is 51.7 Å². The van der Waals surface area contributed by atoms with E-state index in [4.69, 9.17) is 19.7 Å². The van der Waals surface area contributed by atoms with Crippen LogP contribution in [-0.4, -0.2) is 108 Å². The van der Waals surface area contributed by atoms with Gasteiger partial charge in [-0.15, -0.1) is 0 Å². The number of aliphatic imine (C=N–C) groups is 1. The number of carbonyl (C=O) groups is 6. The molecule has 0 aliphatic rings. The molecule has 0 saturated heterocycles. The molecule has 6 amide bonds. The van der Waals surface area contributed by atoms with Crippen LogP contribution >= 0.6 is 0 Å². The standard InChI is InChI=1S/C28H51N7O10/c1-27(2,3)44-25(42)34-22(33-24(40)41)31-16-10-8-7-9-14-29-20(36)21(37)30-15-11-12-18-35(19-13-17-32-23(38)39)26(43)45-28(4,5)6/h32H,7-19H2,1-6H3,(H,29,36)(H,30,37)(H,38,39)(H,40,41)(H2,31,33,34,42). The van der Waals surface area contributed by atoms with Crippen LogP contribution in [0.4, 0.5) is 19.2 Å². The van der Waals surface area contributed by atoms with E-state index < -0.39 is 47.4 Å². The summed E-state index contributed by atoms with van der Waals surface area (Å²) in [6.07, 6.45) is 0.231. The summed E-state index contributed by atoms with van der Waals surface area (Å²) in [7, 11) is 0. The van der Waals surface area contributed by atoms with Crippen LogP contribution < -0.4 is 26.6 Å². The van der Waals surface area contributed by atoms with Gasteiger partial charge in [0.15, 0.2) is 0 Å². The lowest BCUT2D eigenvalue weighted by molar-refractivity contribution is -0.139. The van der Waals surface area contributed by atoms with Crippen molar-refractivity contribution in [2.75, 3.05) is 39.3 Å². The van der Waals surface area contributed by atoms with Gasteiger partial charge in [0.05, 0.1) is 0 Å². The highest BCUT2D eigenvalue weighted by Crippen LogP contribution is 2.11. The van der Waals surface area contributed by atoms with Gasteiger partial charge < -0.3 is 40.5 Å². The third-order valence-corrected chi connectivity index (χ3v) is 5.36. The highest BCUT2D eigenvalue weighted by atomic mass is 16.6. The fraction of sp³-hybridized carbons (Fsp3) is 0.750. The maximum absolute atomic E-state index is 12.5. The summed E-state index contributed by atoms with van der Waals surface area (Å²) in [5.41, 5.74) is -1.44. The third-order valence-electron chi connectivity index (χ3n) is 5.36. The smallest absolute Gasteiger partial charge is 0.414 e. The monoisotopic (exact) mass is 645 g/mol. The number of ether oxygens (including phenoxy) is 2. The molecule has 45 heavy (non-hydrogen) atoms. The number of carboxylic acid groups (broad SMARTS) is 2. The van der Waals surface area contributed by atoms with Crippen molar-refractivity contribution in [1.82, 2.24) is 31.5 Å². The Hall–Kier alpha value is -4.31. The number of nitrogens with zero attached hydrogens (tertiary/aromatic N) is 2. The van der Waals surface area contributed by atoms with Gasteiger partial charge in [-0.1, -0.05) is 12.8 Å². The van der Waals surface area contributed by atoms with E-state index in [1.54, 1.807) is 41.5 Å². The van der Waals surface area contributed by atoms with Gasteiger partial charge in [-0.2, -0.15) is 0 Å². The molecular weight excluding hydrogens is 594 g/mol. The lowest BCUT2D eigenvalue weighted by Crippen LogP contribution is -2.45. The quantitative estimate of drug-likeness (QED) is 0.0560. The molecule has 0 spiro atoms. The minimum absolute atomic E-state index is 0.191. The molecule has 0 radical (unpaired) electrons. The predicted octanol–water partition coefficient (Wildman–Crippen LogP) is 2.60. The summed E-state index contributed by atoms with van der Waals surface area (Å²) in [5.74, 6) is -1.75.